The third-order valence-electron chi connectivity index (χ3n) is 5.36. The predicted molar refractivity (Wildman–Crippen MR) is 125 cm³/mol. The van der Waals surface area contributed by atoms with Crippen molar-refractivity contribution in [3.05, 3.63) is 59.1 Å². The molecule has 0 bridgehead atoms. The maximum Gasteiger partial charge on any atom is 0.206 e. The number of para-hydroxylation sites is 2. The predicted octanol–water partition coefficient (Wildman–Crippen LogP) is 5.26. The summed E-state index contributed by atoms with van der Waals surface area (Å²) in [4.78, 5) is 12.3. The lowest BCUT2D eigenvalue weighted by Crippen LogP contribution is -2.40. The van der Waals surface area contributed by atoms with E-state index in [1.54, 1.807) is 0 Å². The lowest BCUT2D eigenvalue weighted by Gasteiger charge is -2.24. The Kier molecular flexibility index (Phi) is 8.02. The van der Waals surface area contributed by atoms with Crippen molar-refractivity contribution in [1.82, 2.24) is 4.90 Å². The first-order valence-corrected chi connectivity index (χ1v) is 9.78. The van der Waals surface area contributed by atoms with Gasteiger partial charge in [0.05, 0.1) is 24.0 Å². The van der Waals surface area contributed by atoms with Crippen LogP contribution >= 0.6 is 36.4 Å². The molecule has 0 radical (unpaired) electrons. The highest BCUT2D eigenvalue weighted by Crippen LogP contribution is 2.42. The van der Waals surface area contributed by atoms with Gasteiger partial charge in [-0.1, -0.05) is 49.7 Å². The first kappa shape index (κ1) is 22.8. The van der Waals surface area contributed by atoms with Crippen LogP contribution in [-0.2, 0) is 0 Å². The third-order valence-corrected chi connectivity index (χ3v) is 5.61. The molecule has 4 nitrogen and oxygen atoms in total. The number of hydrogen-bond acceptors (Lipinski definition) is 4. The Balaban J connectivity index is 0.00000140. The van der Waals surface area contributed by atoms with E-state index in [2.05, 4.69) is 64.9 Å². The highest BCUT2D eigenvalue weighted by atomic mass is 35.5. The number of guanidine groups is 1. The smallest absolute Gasteiger partial charge is 0.206 e. The summed E-state index contributed by atoms with van der Waals surface area (Å²) in [5, 5.41) is 0.770. The highest BCUT2D eigenvalue weighted by Gasteiger charge is 2.38. The van der Waals surface area contributed by atoms with Crippen LogP contribution in [0.1, 0.15) is 25.5 Å². The van der Waals surface area contributed by atoms with Crippen molar-refractivity contribution in [1.29, 1.82) is 0 Å². The maximum atomic E-state index is 6.04. The zero-order valence-corrected chi connectivity index (χ0v) is 18.6. The van der Waals surface area contributed by atoms with E-state index in [9.17, 15) is 0 Å². The van der Waals surface area contributed by atoms with Crippen molar-refractivity contribution < 1.29 is 0 Å². The van der Waals surface area contributed by atoms with Crippen LogP contribution in [0, 0.1) is 0 Å². The summed E-state index contributed by atoms with van der Waals surface area (Å²) in [6, 6.07) is 16.9. The molecule has 0 spiro atoms. The Labute approximate surface area is 185 Å². The molecular formula is C21H27Cl3N4. The fourth-order valence-corrected chi connectivity index (χ4v) is 3.95. The molecule has 2 aromatic rings. The highest BCUT2D eigenvalue weighted by molar-refractivity contribution is 6.30. The Morgan fingerprint density at radius 3 is 2.29 bits per heavy atom. The first-order chi connectivity index (χ1) is 12.7. The molecule has 0 amide bonds. The number of fused-ring (bicyclic) bond motifs is 3. The fourth-order valence-electron chi connectivity index (χ4n) is 3.82. The number of benzene rings is 2. The summed E-state index contributed by atoms with van der Waals surface area (Å²) in [5.74, 6) is 1.08. The van der Waals surface area contributed by atoms with Crippen LogP contribution in [0.3, 0.4) is 0 Å². The molecule has 0 aromatic heterocycles. The lowest BCUT2D eigenvalue weighted by atomic mass is 10.1. The van der Waals surface area contributed by atoms with Gasteiger partial charge >= 0.3 is 0 Å². The SMILES string of the molecule is CCN(CC)CCN1C2=NC(c3ccc(Cl)cc3)CN2c2ccccc21.Cl.Cl. The monoisotopic (exact) mass is 440 g/mol. The third kappa shape index (κ3) is 4.25. The molecule has 0 saturated carbocycles. The summed E-state index contributed by atoms with van der Waals surface area (Å²) in [6.45, 7) is 9.48. The van der Waals surface area contributed by atoms with Crippen LogP contribution in [0.15, 0.2) is 53.5 Å². The zero-order chi connectivity index (χ0) is 18.1. The molecule has 2 aliphatic heterocycles. The van der Waals surface area contributed by atoms with Crippen LogP contribution in [-0.4, -0.2) is 43.6 Å². The summed E-state index contributed by atoms with van der Waals surface area (Å²) in [7, 11) is 0. The summed E-state index contributed by atoms with van der Waals surface area (Å²) >= 11 is 6.04. The van der Waals surface area contributed by atoms with Crippen molar-refractivity contribution in [3.8, 4) is 0 Å². The molecule has 1 atom stereocenters. The Hall–Kier alpha value is -1.46. The van der Waals surface area contributed by atoms with Gasteiger partial charge in [-0.15, -0.1) is 24.8 Å². The molecule has 7 heteroatoms. The fraction of sp³-hybridized carbons (Fsp3) is 0.381. The number of likely N-dealkylation sites (N-methyl/N-ethyl adjacent to an activating group) is 1. The molecule has 2 aromatic carbocycles. The van der Waals surface area contributed by atoms with Gasteiger partial charge in [-0.05, 0) is 42.9 Å². The summed E-state index contributed by atoms with van der Waals surface area (Å²) in [5.41, 5.74) is 3.76. The standard InChI is InChI=1S/C21H25ClN4.2ClH/c1-3-24(4-2)13-14-25-19-7-5-6-8-20(19)26-15-18(23-21(25)26)16-9-11-17(22)12-10-16;;/h5-12,18H,3-4,13-15H2,1-2H3;2*1H. The molecule has 28 heavy (non-hydrogen) atoms. The van der Waals surface area contributed by atoms with E-state index in [-0.39, 0.29) is 30.9 Å². The van der Waals surface area contributed by atoms with E-state index in [1.807, 2.05) is 12.1 Å². The van der Waals surface area contributed by atoms with Crippen molar-refractivity contribution in [2.75, 3.05) is 42.5 Å². The Morgan fingerprint density at radius 2 is 1.64 bits per heavy atom. The van der Waals surface area contributed by atoms with Gasteiger partial charge in [0.1, 0.15) is 0 Å². The van der Waals surface area contributed by atoms with Crippen molar-refractivity contribution >= 4 is 53.7 Å². The van der Waals surface area contributed by atoms with E-state index in [0.29, 0.717) is 0 Å². The van der Waals surface area contributed by atoms with Crippen LogP contribution in [0.5, 0.6) is 0 Å². The molecule has 2 aliphatic rings. The molecular weight excluding hydrogens is 415 g/mol. The number of nitrogens with zero attached hydrogens (tertiary/aromatic N) is 4. The Bertz CT molecular complexity index is 806. The largest absolute Gasteiger partial charge is 0.309 e. The lowest BCUT2D eigenvalue weighted by molar-refractivity contribution is 0.313. The second kappa shape index (κ2) is 9.84. The maximum absolute atomic E-state index is 6.04. The molecule has 0 saturated heterocycles. The minimum atomic E-state index is 0. The van der Waals surface area contributed by atoms with E-state index >= 15 is 0 Å². The average molecular weight is 442 g/mol. The van der Waals surface area contributed by atoms with Crippen molar-refractivity contribution in [2.45, 2.75) is 19.9 Å². The molecule has 2 heterocycles. The zero-order valence-electron chi connectivity index (χ0n) is 16.2. The normalized spacial score (nSPS) is 17.0. The van der Waals surface area contributed by atoms with Gasteiger partial charge in [-0.2, -0.15) is 0 Å². The van der Waals surface area contributed by atoms with Gasteiger partial charge < -0.3 is 14.7 Å². The molecule has 152 valence electrons. The molecule has 0 aliphatic carbocycles. The van der Waals surface area contributed by atoms with Crippen LogP contribution < -0.4 is 9.80 Å². The molecule has 0 fully saturated rings. The number of aliphatic imine (C=N–C) groups is 1. The average Bonchev–Trinajstić information content (AvgIpc) is 3.22. The van der Waals surface area contributed by atoms with E-state index in [4.69, 9.17) is 16.6 Å². The van der Waals surface area contributed by atoms with Crippen LogP contribution in [0.2, 0.25) is 5.02 Å². The second-order valence-electron chi connectivity index (χ2n) is 6.77. The van der Waals surface area contributed by atoms with Crippen molar-refractivity contribution in [3.63, 3.8) is 0 Å². The topological polar surface area (TPSA) is 22.1 Å². The number of rotatable bonds is 6. The second-order valence-corrected chi connectivity index (χ2v) is 7.21. The van der Waals surface area contributed by atoms with E-state index in [0.717, 1.165) is 43.7 Å². The Morgan fingerprint density at radius 1 is 1.00 bits per heavy atom. The first-order valence-electron chi connectivity index (χ1n) is 9.41. The molecule has 4 rings (SSSR count). The van der Waals surface area contributed by atoms with E-state index < -0.39 is 0 Å². The van der Waals surface area contributed by atoms with Crippen LogP contribution in [0.25, 0.3) is 0 Å². The summed E-state index contributed by atoms with van der Waals surface area (Å²) in [6.07, 6.45) is 0. The van der Waals surface area contributed by atoms with E-state index in [1.165, 1.54) is 16.9 Å². The van der Waals surface area contributed by atoms with Gasteiger partial charge in [0, 0.05) is 18.1 Å². The quantitative estimate of drug-likeness (QED) is 0.610. The van der Waals surface area contributed by atoms with Gasteiger partial charge in [-0.25, -0.2) is 4.99 Å². The minimum Gasteiger partial charge on any atom is -0.309 e. The molecule has 1 unspecified atom stereocenters. The minimum absolute atomic E-state index is 0. The van der Waals surface area contributed by atoms with Crippen LogP contribution in [0.4, 0.5) is 11.4 Å². The van der Waals surface area contributed by atoms with Gasteiger partial charge in [0.15, 0.2) is 0 Å². The van der Waals surface area contributed by atoms with Gasteiger partial charge in [0.2, 0.25) is 5.96 Å². The van der Waals surface area contributed by atoms with Crippen molar-refractivity contribution in [2.24, 2.45) is 4.99 Å². The number of hydrogen-bond donors (Lipinski definition) is 0. The summed E-state index contributed by atoms with van der Waals surface area (Å²) < 4.78 is 0. The number of halogens is 3. The molecule has 0 N–H and O–H groups in total. The number of anilines is 2. The van der Waals surface area contributed by atoms with Gasteiger partial charge in [0.25, 0.3) is 0 Å². The van der Waals surface area contributed by atoms with Gasteiger partial charge in [-0.3, -0.25) is 0 Å².